The van der Waals surface area contributed by atoms with Gasteiger partial charge >= 0.3 is 6.03 Å². The molecule has 0 aromatic heterocycles. The molecule has 1 unspecified atom stereocenters. The van der Waals surface area contributed by atoms with Gasteiger partial charge in [0, 0.05) is 20.0 Å². The Morgan fingerprint density at radius 1 is 1.83 bits per heavy atom. The van der Waals surface area contributed by atoms with Gasteiger partial charge in [-0.2, -0.15) is 0 Å². The normalized spacial score (nSPS) is 29.1. The Hall–Kier alpha value is -0.840. The van der Waals surface area contributed by atoms with E-state index in [0.29, 0.717) is 6.54 Å². The Morgan fingerprint density at radius 3 is 2.92 bits per heavy atom. The van der Waals surface area contributed by atoms with E-state index in [0.717, 1.165) is 0 Å². The zero-order valence-electron chi connectivity index (χ0n) is 7.01. The first-order chi connectivity index (χ1) is 5.61. The van der Waals surface area contributed by atoms with Gasteiger partial charge in [-0.1, -0.05) is 0 Å². The number of carbonyl (C=O) groups excluding carboxylic acids is 1. The second kappa shape index (κ2) is 3.26. The average Bonchev–Trinajstić information content (AvgIpc) is 2.48. The lowest BCUT2D eigenvalue weighted by Crippen LogP contribution is -2.39. The Morgan fingerprint density at radius 2 is 2.50 bits per heavy atom. The molecule has 2 amide bonds. The number of urea groups is 1. The smallest absolute Gasteiger partial charge is 0.317 e. The largest absolute Gasteiger partial charge is 0.393 e. The number of halogens is 1. The second-order valence-corrected chi connectivity index (χ2v) is 3.04. The average molecular weight is 176 g/mol. The lowest BCUT2D eigenvalue weighted by molar-refractivity contribution is 0.0807. The first-order valence-electron chi connectivity index (χ1n) is 3.88. The van der Waals surface area contributed by atoms with Crippen LogP contribution in [0.4, 0.5) is 9.18 Å². The van der Waals surface area contributed by atoms with Crippen LogP contribution >= 0.6 is 0 Å². The molecule has 0 bridgehead atoms. The fourth-order valence-electron chi connectivity index (χ4n) is 1.30. The third-order valence-corrected chi connectivity index (χ3v) is 2.09. The van der Waals surface area contributed by atoms with Crippen LogP contribution in [-0.2, 0) is 0 Å². The maximum absolute atomic E-state index is 13.3. The second-order valence-electron chi connectivity index (χ2n) is 3.04. The van der Waals surface area contributed by atoms with E-state index in [1.807, 2.05) is 0 Å². The number of amides is 2. The number of likely N-dealkylation sites (tertiary alicyclic amines) is 1. The summed E-state index contributed by atoms with van der Waals surface area (Å²) in [5, 5.41) is 11.1. The summed E-state index contributed by atoms with van der Waals surface area (Å²) in [5.41, 5.74) is -1.59. The SMILES string of the molecule is CNC(=O)N1CCC(F)(CO)C1. The molecule has 70 valence electrons. The number of alkyl halides is 1. The first-order valence-corrected chi connectivity index (χ1v) is 3.88. The predicted molar refractivity (Wildman–Crippen MR) is 41.6 cm³/mol. The quantitative estimate of drug-likeness (QED) is 0.578. The lowest BCUT2D eigenvalue weighted by atomic mass is 10.1. The Balaban J connectivity index is 2.50. The number of nitrogens with one attached hydrogen (secondary N) is 1. The molecule has 1 saturated heterocycles. The molecular formula is C7H13FN2O2. The van der Waals surface area contributed by atoms with Crippen LogP contribution in [0.15, 0.2) is 0 Å². The molecule has 0 aromatic rings. The number of aliphatic hydroxyl groups excluding tert-OH is 1. The molecule has 1 heterocycles. The van der Waals surface area contributed by atoms with Crippen molar-refractivity contribution in [3.63, 3.8) is 0 Å². The molecule has 0 aliphatic carbocycles. The molecule has 0 aromatic carbocycles. The van der Waals surface area contributed by atoms with Crippen molar-refractivity contribution < 1.29 is 14.3 Å². The maximum Gasteiger partial charge on any atom is 0.317 e. The van der Waals surface area contributed by atoms with Crippen molar-refractivity contribution >= 4 is 6.03 Å². The van der Waals surface area contributed by atoms with Crippen LogP contribution in [0.1, 0.15) is 6.42 Å². The predicted octanol–water partition coefficient (Wildman–Crippen LogP) is -0.268. The maximum atomic E-state index is 13.3. The van der Waals surface area contributed by atoms with Crippen molar-refractivity contribution in [1.29, 1.82) is 0 Å². The minimum absolute atomic E-state index is 0.0107. The molecule has 12 heavy (non-hydrogen) atoms. The standard InChI is InChI=1S/C7H13FN2O2/c1-9-6(12)10-3-2-7(8,4-10)5-11/h11H,2-5H2,1H3,(H,9,12). The number of carbonyl (C=O) groups is 1. The van der Waals surface area contributed by atoms with Gasteiger partial charge in [-0.05, 0) is 0 Å². The van der Waals surface area contributed by atoms with Gasteiger partial charge in [-0.25, -0.2) is 9.18 Å². The number of rotatable bonds is 1. The summed E-state index contributed by atoms with van der Waals surface area (Å²) in [6.07, 6.45) is 0.219. The van der Waals surface area contributed by atoms with E-state index in [1.54, 1.807) is 0 Å². The van der Waals surface area contributed by atoms with Crippen molar-refractivity contribution in [2.24, 2.45) is 0 Å². The third-order valence-electron chi connectivity index (χ3n) is 2.09. The van der Waals surface area contributed by atoms with Crippen LogP contribution in [0, 0.1) is 0 Å². The summed E-state index contributed by atoms with van der Waals surface area (Å²) in [7, 11) is 1.50. The van der Waals surface area contributed by atoms with Crippen molar-refractivity contribution in [2.75, 3.05) is 26.7 Å². The topological polar surface area (TPSA) is 52.6 Å². The number of nitrogens with zero attached hydrogens (tertiary/aromatic N) is 1. The summed E-state index contributed by atoms with van der Waals surface area (Å²) >= 11 is 0. The van der Waals surface area contributed by atoms with Crippen LogP contribution in [0.2, 0.25) is 0 Å². The summed E-state index contributed by atoms with van der Waals surface area (Å²) in [4.78, 5) is 12.3. The molecular weight excluding hydrogens is 163 g/mol. The monoisotopic (exact) mass is 176 g/mol. The van der Waals surface area contributed by atoms with Crippen molar-refractivity contribution in [1.82, 2.24) is 10.2 Å². The van der Waals surface area contributed by atoms with Gasteiger partial charge in [0.15, 0.2) is 5.67 Å². The Labute approximate surface area is 70.4 Å². The zero-order valence-corrected chi connectivity index (χ0v) is 7.01. The number of hydrogen-bond donors (Lipinski definition) is 2. The van der Waals surface area contributed by atoms with Crippen LogP contribution in [0.5, 0.6) is 0 Å². The summed E-state index contributed by atoms with van der Waals surface area (Å²) in [6.45, 7) is -0.152. The summed E-state index contributed by atoms with van der Waals surface area (Å²) < 4.78 is 13.3. The molecule has 4 nitrogen and oxygen atoms in total. The van der Waals surface area contributed by atoms with E-state index in [-0.39, 0.29) is 19.0 Å². The highest BCUT2D eigenvalue weighted by molar-refractivity contribution is 5.74. The highest BCUT2D eigenvalue weighted by Crippen LogP contribution is 2.24. The summed E-state index contributed by atoms with van der Waals surface area (Å²) in [6, 6.07) is -0.289. The van der Waals surface area contributed by atoms with Gasteiger partial charge in [0.2, 0.25) is 0 Å². The van der Waals surface area contributed by atoms with E-state index in [9.17, 15) is 9.18 Å². The van der Waals surface area contributed by atoms with E-state index in [4.69, 9.17) is 5.11 Å². The van der Waals surface area contributed by atoms with Gasteiger partial charge in [-0.3, -0.25) is 0 Å². The molecule has 2 N–H and O–H groups in total. The highest BCUT2D eigenvalue weighted by Gasteiger charge is 2.39. The first kappa shape index (κ1) is 9.25. The van der Waals surface area contributed by atoms with Crippen LogP contribution in [-0.4, -0.2) is 48.5 Å². The zero-order chi connectivity index (χ0) is 9.19. The fraction of sp³-hybridized carbons (Fsp3) is 0.857. The molecule has 1 rings (SSSR count). The van der Waals surface area contributed by atoms with E-state index in [2.05, 4.69) is 5.32 Å². The minimum atomic E-state index is -1.59. The molecule has 0 saturated carbocycles. The molecule has 1 aliphatic rings. The molecule has 0 radical (unpaired) electrons. The number of aliphatic hydroxyl groups is 1. The minimum Gasteiger partial charge on any atom is -0.393 e. The summed E-state index contributed by atoms with van der Waals surface area (Å²) in [5.74, 6) is 0. The van der Waals surface area contributed by atoms with Crippen LogP contribution < -0.4 is 5.32 Å². The van der Waals surface area contributed by atoms with E-state index >= 15 is 0 Å². The third kappa shape index (κ3) is 1.66. The van der Waals surface area contributed by atoms with Crippen molar-refractivity contribution in [3.05, 3.63) is 0 Å². The Kier molecular flexibility index (Phi) is 2.52. The molecule has 0 spiro atoms. The lowest BCUT2D eigenvalue weighted by Gasteiger charge is -2.18. The van der Waals surface area contributed by atoms with Gasteiger partial charge < -0.3 is 15.3 Å². The van der Waals surface area contributed by atoms with E-state index < -0.39 is 12.3 Å². The molecule has 1 aliphatic heterocycles. The van der Waals surface area contributed by atoms with Gasteiger partial charge in [0.05, 0.1) is 13.2 Å². The molecule has 1 fully saturated rings. The van der Waals surface area contributed by atoms with Crippen molar-refractivity contribution in [3.8, 4) is 0 Å². The number of hydrogen-bond acceptors (Lipinski definition) is 2. The molecule has 5 heteroatoms. The van der Waals surface area contributed by atoms with Crippen molar-refractivity contribution in [2.45, 2.75) is 12.1 Å². The van der Waals surface area contributed by atoms with Gasteiger partial charge in [-0.15, -0.1) is 0 Å². The Bertz CT molecular complexity index is 188. The van der Waals surface area contributed by atoms with Gasteiger partial charge in [0.1, 0.15) is 0 Å². The fourth-order valence-corrected chi connectivity index (χ4v) is 1.30. The molecule has 1 atom stereocenters. The highest BCUT2D eigenvalue weighted by atomic mass is 19.1. The van der Waals surface area contributed by atoms with E-state index in [1.165, 1.54) is 11.9 Å². The van der Waals surface area contributed by atoms with Gasteiger partial charge in [0.25, 0.3) is 0 Å². The van der Waals surface area contributed by atoms with Crippen LogP contribution in [0.3, 0.4) is 0 Å². The van der Waals surface area contributed by atoms with Crippen LogP contribution in [0.25, 0.3) is 0 Å².